The third-order valence-corrected chi connectivity index (χ3v) is 4.19. The zero-order valence-corrected chi connectivity index (χ0v) is 13.2. The van der Waals surface area contributed by atoms with Gasteiger partial charge in [0.25, 0.3) is 0 Å². The van der Waals surface area contributed by atoms with Crippen LogP contribution in [0.15, 0.2) is 42.5 Å². The van der Waals surface area contributed by atoms with E-state index in [1.165, 1.54) is 0 Å². The third-order valence-electron chi connectivity index (χ3n) is 4.19. The van der Waals surface area contributed by atoms with E-state index in [0.717, 1.165) is 23.9 Å². The molecule has 0 unspecified atom stereocenters. The summed E-state index contributed by atoms with van der Waals surface area (Å²) in [7, 11) is 0. The van der Waals surface area contributed by atoms with Crippen LogP contribution in [0.4, 0.5) is 5.69 Å². The lowest BCUT2D eigenvalue weighted by Gasteiger charge is -2.21. The maximum absolute atomic E-state index is 12.1. The number of piperidine rings is 1. The molecule has 1 aliphatic heterocycles. The Hall–Kier alpha value is -2.73. The van der Waals surface area contributed by atoms with E-state index in [4.69, 9.17) is 0 Å². The number of nitrogens with one attached hydrogen (secondary N) is 3. The summed E-state index contributed by atoms with van der Waals surface area (Å²) >= 11 is 0. The van der Waals surface area contributed by atoms with Gasteiger partial charge in [-0.25, -0.2) is 0 Å². The third kappa shape index (κ3) is 3.60. The Labute approximate surface area is 139 Å². The fourth-order valence-corrected chi connectivity index (χ4v) is 2.87. The minimum Gasteiger partial charge on any atom is -0.317 e. The number of rotatable bonds is 2. The van der Waals surface area contributed by atoms with Gasteiger partial charge in [0.1, 0.15) is 0 Å². The van der Waals surface area contributed by atoms with Gasteiger partial charge in [0.05, 0.1) is 0 Å². The van der Waals surface area contributed by atoms with Gasteiger partial charge >= 0.3 is 11.8 Å². The van der Waals surface area contributed by atoms with E-state index in [0.29, 0.717) is 18.5 Å². The van der Waals surface area contributed by atoms with Crippen molar-refractivity contribution < 1.29 is 14.4 Å². The molecule has 0 saturated carbocycles. The molecule has 24 heavy (non-hydrogen) atoms. The van der Waals surface area contributed by atoms with Crippen molar-refractivity contribution in [2.45, 2.75) is 12.8 Å². The standard InChI is InChI=1S/C18H19N3O3/c22-16(13-8-10-19-11-9-13)21-18(24)17(23)20-15-7-3-5-12-4-1-2-6-14(12)15/h1-7,13,19H,8-11H2,(H,20,23)(H,21,22,24). The highest BCUT2D eigenvalue weighted by molar-refractivity contribution is 6.42. The van der Waals surface area contributed by atoms with Crippen LogP contribution in [0, 0.1) is 5.92 Å². The van der Waals surface area contributed by atoms with Crippen LogP contribution >= 0.6 is 0 Å². The molecule has 1 fully saturated rings. The Morgan fingerprint density at radius 2 is 1.62 bits per heavy atom. The van der Waals surface area contributed by atoms with Gasteiger partial charge in [-0.05, 0) is 37.4 Å². The lowest BCUT2D eigenvalue weighted by Crippen LogP contribution is -2.44. The van der Waals surface area contributed by atoms with Crippen molar-refractivity contribution in [3.8, 4) is 0 Å². The Kier molecular flexibility index (Phi) is 4.86. The number of hydrogen-bond acceptors (Lipinski definition) is 4. The van der Waals surface area contributed by atoms with E-state index in [2.05, 4.69) is 16.0 Å². The zero-order valence-electron chi connectivity index (χ0n) is 13.2. The molecule has 3 N–H and O–H groups in total. The van der Waals surface area contributed by atoms with Crippen LogP contribution in [0.25, 0.3) is 10.8 Å². The first-order chi connectivity index (χ1) is 11.6. The van der Waals surface area contributed by atoms with Crippen LogP contribution in [-0.4, -0.2) is 30.8 Å². The first-order valence-electron chi connectivity index (χ1n) is 8.00. The average molecular weight is 325 g/mol. The second kappa shape index (κ2) is 7.23. The molecule has 0 spiro atoms. The molecule has 0 aliphatic carbocycles. The topological polar surface area (TPSA) is 87.3 Å². The predicted molar refractivity (Wildman–Crippen MR) is 91.3 cm³/mol. The molecule has 6 heteroatoms. The number of amides is 3. The molecule has 0 bridgehead atoms. The minimum absolute atomic E-state index is 0.222. The summed E-state index contributed by atoms with van der Waals surface area (Å²) in [5.41, 5.74) is 0.544. The Morgan fingerprint density at radius 1 is 0.917 bits per heavy atom. The number of hydrogen-bond donors (Lipinski definition) is 3. The van der Waals surface area contributed by atoms with Crippen molar-refractivity contribution in [2.75, 3.05) is 18.4 Å². The van der Waals surface area contributed by atoms with Crippen LogP contribution in [0.3, 0.4) is 0 Å². The van der Waals surface area contributed by atoms with E-state index in [1.807, 2.05) is 30.3 Å². The first kappa shape index (κ1) is 16.1. The monoisotopic (exact) mass is 325 g/mol. The SMILES string of the molecule is O=C(NC(=O)C1CCNCC1)C(=O)Nc1cccc2ccccc12. The molecule has 0 radical (unpaired) electrons. The summed E-state index contributed by atoms with van der Waals surface area (Å²) in [5.74, 6) is -2.37. The van der Waals surface area contributed by atoms with Gasteiger partial charge in [-0.3, -0.25) is 19.7 Å². The second-order valence-corrected chi connectivity index (χ2v) is 5.82. The molecule has 1 aliphatic rings. The van der Waals surface area contributed by atoms with Crippen molar-refractivity contribution in [1.82, 2.24) is 10.6 Å². The Bertz CT molecular complexity index is 777. The van der Waals surface area contributed by atoms with Crippen molar-refractivity contribution in [3.05, 3.63) is 42.5 Å². The number of imide groups is 1. The summed E-state index contributed by atoms with van der Waals surface area (Å²) in [5, 5.41) is 9.73. The minimum atomic E-state index is -0.925. The fraction of sp³-hybridized carbons (Fsp3) is 0.278. The number of fused-ring (bicyclic) bond motifs is 1. The van der Waals surface area contributed by atoms with Gasteiger partial charge in [0.15, 0.2) is 0 Å². The predicted octanol–water partition coefficient (Wildman–Crippen LogP) is 1.42. The Balaban J connectivity index is 1.65. The maximum atomic E-state index is 12.1. The highest BCUT2D eigenvalue weighted by Gasteiger charge is 2.25. The summed E-state index contributed by atoms with van der Waals surface area (Å²) in [6, 6.07) is 13.0. The van der Waals surface area contributed by atoms with E-state index in [1.54, 1.807) is 12.1 Å². The summed E-state index contributed by atoms with van der Waals surface area (Å²) in [6.45, 7) is 1.49. The summed E-state index contributed by atoms with van der Waals surface area (Å²) < 4.78 is 0. The van der Waals surface area contributed by atoms with Crippen LogP contribution in [0.5, 0.6) is 0 Å². The van der Waals surface area contributed by atoms with Gasteiger partial charge in [-0.2, -0.15) is 0 Å². The Morgan fingerprint density at radius 3 is 2.42 bits per heavy atom. The van der Waals surface area contributed by atoms with Gasteiger partial charge in [0.2, 0.25) is 5.91 Å². The summed E-state index contributed by atoms with van der Waals surface area (Å²) in [6.07, 6.45) is 1.34. The van der Waals surface area contributed by atoms with Gasteiger partial charge in [-0.1, -0.05) is 36.4 Å². The van der Waals surface area contributed by atoms with Crippen LogP contribution in [0.2, 0.25) is 0 Å². The maximum Gasteiger partial charge on any atom is 0.316 e. The van der Waals surface area contributed by atoms with Crippen molar-refractivity contribution >= 4 is 34.2 Å². The summed E-state index contributed by atoms with van der Waals surface area (Å²) in [4.78, 5) is 36.1. The van der Waals surface area contributed by atoms with Gasteiger partial charge in [0, 0.05) is 17.0 Å². The van der Waals surface area contributed by atoms with Crippen molar-refractivity contribution in [2.24, 2.45) is 5.92 Å². The highest BCUT2D eigenvalue weighted by atomic mass is 16.2. The smallest absolute Gasteiger partial charge is 0.316 e. The molecule has 2 aromatic rings. The molecule has 2 aromatic carbocycles. The van der Waals surface area contributed by atoms with Gasteiger partial charge < -0.3 is 10.6 Å². The molecular formula is C18H19N3O3. The number of carbonyl (C=O) groups excluding carboxylic acids is 3. The average Bonchev–Trinajstić information content (AvgIpc) is 2.62. The molecule has 1 saturated heterocycles. The zero-order chi connectivity index (χ0) is 16.9. The first-order valence-corrected chi connectivity index (χ1v) is 8.00. The normalized spacial score (nSPS) is 15.0. The van der Waals surface area contributed by atoms with Crippen molar-refractivity contribution in [3.63, 3.8) is 0 Å². The van der Waals surface area contributed by atoms with Crippen LogP contribution in [0.1, 0.15) is 12.8 Å². The highest BCUT2D eigenvalue weighted by Crippen LogP contribution is 2.22. The molecule has 124 valence electrons. The van der Waals surface area contributed by atoms with Crippen molar-refractivity contribution in [1.29, 1.82) is 0 Å². The lowest BCUT2D eigenvalue weighted by atomic mass is 9.97. The largest absolute Gasteiger partial charge is 0.317 e. The molecule has 6 nitrogen and oxygen atoms in total. The molecule has 1 heterocycles. The molecule has 3 rings (SSSR count). The van der Waals surface area contributed by atoms with E-state index >= 15 is 0 Å². The molecule has 3 amide bonds. The quantitative estimate of drug-likeness (QED) is 0.729. The fourth-order valence-electron chi connectivity index (χ4n) is 2.87. The molecular weight excluding hydrogens is 306 g/mol. The van der Waals surface area contributed by atoms with Crippen LogP contribution in [-0.2, 0) is 14.4 Å². The van der Waals surface area contributed by atoms with E-state index < -0.39 is 11.8 Å². The number of anilines is 1. The molecule has 0 atom stereocenters. The number of benzene rings is 2. The van der Waals surface area contributed by atoms with Crippen LogP contribution < -0.4 is 16.0 Å². The molecule has 0 aromatic heterocycles. The van der Waals surface area contributed by atoms with E-state index in [-0.39, 0.29) is 11.8 Å². The van der Waals surface area contributed by atoms with Gasteiger partial charge in [-0.15, -0.1) is 0 Å². The van der Waals surface area contributed by atoms with E-state index in [9.17, 15) is 14.4 Å². The number of carbonyl (C=O) groups is 3. The second-order valence-electron chi connectivity index (χ2n) is 5.82. The lowest BCUT2D eigenvalue weighted by molar-refractivity contribution is -0.141.